The van der Waals surface area contributed by atoms with Crippen LogP contribution in [-0.2, 0) is 17.4 Å². The van der Waals surface area contributed by atoms with Gasteiger partial charge in [0, 0.05) is 43.8 Å². The number of benzene rings is 1. The van der Waals surface area contributed by atoms with Crippen molar-refractivity contribution in [1.29, 1.82) is 0 Å². The number of aromatic nitrogens is 4. The maximum atomic E-state index is 13.1. The maximum absolute atomic E-state index is 13.1. The molecule has 2 aromatic heterocycles. The fraction of sp³-hybridized carbons (Fsp3) is 0.478. The molecule has 0 spiro atoms. The van der Waals surface area contributed by atoms with Gasteiger partial charge in [-0.25, -0.2) is 0 Å². The minimum absolute atomic E-state index is 0.0290. The van der Waals surface area contributed by atoms with Crippen LogP contribution in [0.1, 0.15) is 31.2 Å². The van der Waals surface area contributed by atoms with Crippen molar-refractivity contribution in [3.8, 4) is 0 Å². The highest BCUT2D eigenvalue weighted by Gasteiger charge is 2.38. The van der Waals surface area contributed by atoms with Crippen LogP contribution in [0.4, 0.5) is 24.7 Å². The SMILES string of the molecule is CC1Cc2ccccc2N1CCNC(=O)C1CCN(c2ccc3nnc(C(F)(F)F)n3n2)CC1. The molecule has 1 fully saturated rings. The standard InChI is InChI=1S/C23H26F3N7O/c1-15-14-17-4-2-3-5-18(17)32(15)13-10-27-21(34)16-8-11-31(12-9-16)20-7-6-19-28-29-22(23(24,25)26)33(19)30-20/h2-7,15-16H,8-14H2,1H3,(H,27,34). The summed E-state index contributed by atoms with van der Waals surface area (Å²) in [6, 6.07) is 11.9. The Hall–Kier alpha value is -3.37. The van der Waals surface area contributed by atoms with E-state index in [-0.39, 0.29) is 17.5 Å². The fourth-order valence-corrected chi connectivity index (χ4v) is 4.91. The van der Waals surface area contributed by atoms with E-state index in [9.17, 15) is 18.0 Å². The molecule has 0 radical (unpaired) electrons. The molecule has 5 rings (SSSR count). The minimum Gasteiger partial charge on any atom is -0.367 e. The second-order valence-corrected chi connectivity index (χ2v) is 8.91. The number of hydrogen-bond acceptors (Lipinski definition) is 6. The topological polar surface area (TPSA) is 78.7 Å². The van der Waals surface area contributed by atoms with Crippen molar-refractivity contribution in [1.82, 2.24) is 25.1 Å². The quantitative estimate of drug-likeness (QED) is 0.614. The van der Waals surface area contributed by atoms with Crippen LogP contribution < -0.4 is 15.1 Å². The number of hydrogen-bond donors (Lipinski definition) is 1. The monoisotopic (exact) mass is 473 g/mol. The molecule has 34 heavy (non-hydrogen) atoms. The molecule has 0 bridgehead atoms. The van der Waals surface area contributed by atoms with Crippen LogP contribution in [0.2, 0.25) is 0 Å². The first-order valence-electron chi connectivity index (χ1n) is 11.5. The van der Waals surface area contributed by atoms with Crippen LogP contribution in [0.25, 0.3) is 5.65 Å². The molecule has 1 aromatic carbocycles. The number of nitrogens with one attached hydrogen (secondary N) is 1. The first-order valence-corrected chi connectivity index (χ1v) is 11.5. The van der Waals surface area contributed by atoms with E-state index in [2.05, 4.69) is 50.6 Å². The third kappa shape index (κ3) is 4.26. The molecule has 3 aromatic rings. The summed E-state index contributed by atoms with van der Waals surface area (Å²) < 4.78 is 40.1. The molecule has 1 saturated heterocycles. The normalized spacial score (nSPS) is 19.0. The number of alkyl halides is 3. The van der Waals surface area contributed by atoms with Gasteiger partial charge in [0.15, 0.2) is 5.65 Å². The zero-order chi connectivity index (χ0) is 23.9. The van der Waals surface area contributed by atoms with Gasteiger partial charge in [0.05, 0.1) is 0 Å². The number of nitrogens with zero attached hydrogens (tertiary/aromatic N) is 6. The average molecular weight is 474 g/mol. The molecule has 1 atom stereocenters. The number of para-hydroxylation sites is 1. The second-order valence-electron chi connectivity index (χ2n) is 8.91. The molecule has 180 valence electrons. The van der Waals surface area contributed by atoms with E-state index >= 15 is 0 Å². The summed E-state index contributed by atoms with van der Waals surface area (Å²) in [5, 5.41) is 13.9. The number of amides is 1. The van der Waals surface area contributed by atoms with Gasteiger partial charge >= 0.3 is 6.18 Å². The van der Waals surface area contributed by atoms with Crippen molar-refractivity contribution < 1.29 is 18.0 Å². The zero-order valence-electron chi connectivity index (χ0n) is 18.8. The molecule has 8 nitrogen and oxygen atoms in total. The third-order valence-corrected chi connectivity index (χ3v) is 6.69. The van der Waals surface area contributed by atoms with E-state index in [4.69, 9.17) is 0 Å². The number of rotatable bonds is 5. The Morgan fingerprint density at radius 2 is 1.88 bits per heavy atom. The predicted molar refractivity (Wildman–Crippen MR) is 121 cm³/mol. The van der Waals surface area contributed by atoms with Gasteiger partial charge in [0.25, 0.3) is 5.82 Å². The Morgan fingerprint density at radius 1 is 1.12 bits per heavy atom. The van der Waals surface area contributed by atoms with Crippen LogP contribution in [0, 0.1) is 5.92 Å². The average Bonchev–Trinajstić information content (AvgIpc) is 3.39. The van der Waals surface area contributed by atoms with Crippen LogP contribution in [0.5, 0.6) is 0 Å². The molecule has 4 heterocycles. The number of fused-ring (bicyclic) bond motifs is 2. The summed E-state index contributed by atoms with van der Waals surface area (Å²) in [5.74, 6) is -0.822. The lowest BCUT2D eigenvalue weighted by Gasteiger charge is -2.32. The number of halogens is 3. The molecule has 2 aliphatic rings. The first-order chi connectivity index (χ1) is 16.3. The largest absolute Gasteiger partial charge is 0.453 e. The van der Waals surface area contributed by atoms with Crippen molar-refractivity contribution in [2.24, 2.45) is 5.92 Å². The summed E-state index contributed by atoms with van der Waals surface area (Å²) in [7, 11) is 0. The molecule has 1 N–H and O–H groups in total. The van der Waals surface area contributed by atoms with E-state index in [1.54, 1.807) is 6.07 Å². The number of piperidine rings is 1. The molecule has 11 heteroatoms. The smallest absolute Gasteiger partial charge is 0.367 e. The van der Waals surface area contributed by atoms with E-state index < -0.39 is 12.0 Å². The fourth-order valence-electron chi connectivity index (χ4n) is 4.91. The molecule has 0 saturated carbocycles. The zero-order valence-corrected chi connectivity index (χ0v) is 18.8. The third-order valence-electron chi connectivity index (χ3n) is 6.69. The lowest BCUT2D eigenvalue weighted by Crippen LogP contribution is -2.43. The van der Waals surface area contributed by atoms with Gasteiger partial charge in [-0.05, 0) is 49.9 Å². The summed E-state index contributed by atoms with van der Waals surface area (Å²) in [5.41, 5.74) is 2.62. The van der Waals surface area contributed by atoms with Gasteiger partial charge in [0.1, 0.15) is 5.82 Å². The Morgan fingerprint density at radius 3 is 2.65 bits per heavy atom. The minimum atomic E-state index is -4.63. The van der Waals surface area contributed by atoms with E-state index in [1.165, 1.54) is 17.3 Å². The van der Waals surface area contributed by atoms with Gasteiger partial charge in [-0.15, -0.1) is 15.3 Å². The molecular weight excluding hydrogens is 447 g/mol. The van der Waals surface area contributed by atoms with Crippen molar-refractivity contribution in [3.63, 3.8) is 0 Å². The molecule has 1 amide bonds. The number of anilines is 2. The van der Waals surface area contributed by atoms with Crippen LogP contribution in [0.15, 0.2) is 36.4 Å². The summed E-state index contributed by atoms with van der Waals surface area (Å²) in [6.45, 7) is 4.60. The molecular formula is C23H26F3N7O. The van der Waals surface area contributed by atoms with Gasteiger partial charge in [-0.1, -0.05) is 18.2 Å². The van der Waals surface area contributed by atoms with Crippen LogP contribution in [0.3, 0.4) is 0 Å². The molecule has 0 aliphatic carbocycles. The Kier molecular flexibility index (Phi) is 5.78. The van der Waals surface area contributed by atoms with Crippen molar-refractivity contribution in [2.75, 3.05) is 36.0 Å². The molecule has 1 unspecified atom stereocenters. The van der Waals surface area contributed by atoms with Crippen molar-refractivity contribution >= 4 is 23.1 Å². The van der Waals surface area contributed by atoms with Crippen LogP contribution >= 0.6 is 0 Å². The summed E-state index contributed by atoms with van der Waals surface area (Å²) in [4.78, 5) is 17.0. The van der Waals surface area contributed by atoms with Gasteiger partial charge in [-0.2, -0.15) is 17.7 Å². The highest BCUT2D eigenvalue weighted by Crippen LogP contribution is 2.31. The Labute approximate surface area is 194 Å². The summed E-state index contributed by atoms with van der Waals surface area (Å²) >= 11 is 0. The predicted octanol–water partition coefficient (Wildman–Crippen LogP) is 2.93. The number of carbonyl (C=O) groups is 1. The lowest BCUT2D eigenvalue weighted by atomic mass is 9.96. The second kappa shape index (κ2) is 8.77. The highest BCUT2D eigenvalue weighted by atomic mass is 19.4. The van der Waals surface area contributed by atoms with Gasteiger partial charge in [0.2, 0.25) is 5.91 Å². The van der Waals surface area contributed by atoms with Crippen molar-refractivity contribution in [3.05, 3.63) is 47.8 Å². The van der Waals surface area contributed by atoms with Crippen LogP contribution in [-0.4, -0.2) is 57.9 Å². The molecule has 2 aliphatic heterocycles. The van der Waals surface area contributed by atoms with Gasteiger partial charge < -0.3 is 15.1 Å². The Balaban J connectivity index is 1.15. The maximum Gasteiger partial charge on any atom is 0.453 e. The van der Waals surface area contributed by atoms with Crippen molar-refractivity contribution in [2.45, 2.75) is 38.4 Å². The summed E-state index contributed by atoms with van der Waals surface area (Å²) in [6.07, 6.45) is -2.39. The highest BCUT2D eigenvalue weighted by molar-refractivity contribution is 5.79. The Bertz CT molecular complexity index is 1190. The van der Waals surface area contributed by atoms with Gasteiger partial charge in [-0.3, -0.25) is 4.79 Å². The van der Waals surface area contributed by atoms with E-state index in [0.29, 0.717) is 44.3 Å². The lowest BCUT2D eigenvalue weighted by molar-refractivity contribution is -0.146. The first kappa shape index (κ1) is 22.4. The van der Waals surface area contributed by atoms with E-state index in [0.717, 1.165) is 17.5 Å². The number of carbonyl (C=O) groups excluding carboxylic acids is 1. The van der Waals surface area contributed by atoms with E-state index in [1.807, 2.05) is 11.0 Å².